The molecule has 0 spiro atoms. The van der Waals surface area contributed by atoms with Crippen LogP contribution in [0.15, 0.2) is 30.5 Å². The van der Waals surface area contributed by atoms with Crippen LogP contribution in [0.2, 0.25) is 0 Å². The normalized spacial score (nSPS) is 10.2. The third-order valence-electron chi connectivity index (χ3n) is 2.95. The van der Waals surface area contributed by atoms with Gasteiger partial charge in [0.05, 0.1) is 11.4 Å². The van der Waals surface area contributed by atoms with E-state index < -0.39 is 0 Å². The summed E-state index contributed by atoms with van der Waals surface area (Å²) in [4.78, 5) is 10.8. The van der Waals surface area contributed by atoms with Crippen molar-refractivity contribution in [3.63, 3.8) is 0 Å². The first-order chi connectivity index (χ1) is 9.61. The van der Waals surface area contributed by atoms with Crippen LogP contribution in [0.1, 0.15) is 12.5 Å². The molecule has 0 aliphatic carbocycles. The van der Waals surface area contributed by atoms with E-state index in [4.69, 9.17) is 0 Å². The van der Waals surface area contributed by atoms with Gasteiger partial charge >= 0.3 is 0 Å². The van der Waals surface area contributed by atoms with Gasteiger partial charge in [-0.2, -0.15) is 4.98 Å². The lowest BCUT2D eigenvalue weighted by atomic mass is 10.2. The van der Waals surface area contributed by atoms with E-state index in [1.807, 2.05) is 52.3 Å². The number of nitrogens with zero attached hydrogens (tertiary/aromatic N) is 3. The number of aromatic nitrogens is 2. The zero-order valence-electron chi connectivity index (χ0n) is 12.4. The minimum absolute atomic E-state index is 0.642. The molecule has 106 valence electrons. The molecule has 5 heteroatoms. The van der Waals surface area contributed by atoms with Crippen molar-refractivity contribution in [2.24, 2.45) is 0 Å². The Balaban J connectivity index is 2.32. The van der Waals surface area contributed by atoms with Gasteiger partial charge in [0.2, 0.25) is 5.95 Å². The smallest absolute Gasteiger partial charge is 0.224 e. The predicted molar refractivity (Wildman–Crippen MR) is 85.0 cm³/mol. The zero-order chi connectivity index (χ0) is 14.5. The number of hydrogen-bond acceptors (Lipinski definition) is 5. The molecule has 0 aliphatic heterocycles. The Hall–Kier alpha value is -2.30. The molecule has 0 unspecified atom stereocenters. The molecule has 0 saturated carbocycles. The molecular weight excluding hydrogens is 250 g/mol. The summed E-state index contributed by atoms with van der Waals surface area (Å²) in [5.74, 6) is 1.47. The van der Waals surface area contributed by atoms with E-state index >= 15 is 0 Å². The van der Waals surface area contributed by atoms with E-state index in [0.29, 0.717) is 5.95 Å². The van der Waals surface area contributed by atoms with Crippen LogP contribution < -0.4 is 15.5 Å². The second-order valence-corrected chi connectivity index (χ2v) is 4.79. The number of hydrogen-bond donors (Lipinski definition) is 2. The zero-order valence-corrected chi connectivity index (χ0v) is 12.4. The summed E-state index contributed by atoms with van der Waals surface area (Å²) in [7, 11) is 4.05. The highest BCUT2D eigenvalue weighted by atomic mass is 15.2. The molecule has 2 rings (SSSR count). The molecule has 0 bridgehead atoms. The molecule has 5 nitrogen and oxygen atoms in total. The van der Waals surface area contributed by atoms with Crippen LogP contribution in [0, 0.1) is 6.92 Å². The van der Waals surface area contributed by atoms with E-state index in [0.717, 1.165) is 29.3 Å². The van der Waals surface area contributed by atoms with E-state index in [1.165, 1.54) is 0 Å². The van der Waals surface area contributed by atoms with Crippen molar-refractivity contribution >= 4 is 23.1 Å². The Morgan fingerprint density at radius 1 is 1.20 bits per heavy atom. The quantitative estimate of drug-likeness (QED) is 0.875. The third kappa shape index (κ3) is 3.17. The van der Waals surface area contributed by atoms with Gasteiger partial charge in [0.15, 0.2) is 0 Å². The van der Waals surface area contributed by atoms with Crippen molar-refractivity contribution in [1.82, 2.24) is 9.97 Å². The van der Waals surface area contributed by atoms with E-state index in [1.54, 1.807) is 0 Å². The highest BCUT2D eigenvalue weighted by Gasteiger charge is 2.08. The molecule has 0 amide bonds. The molecule has 0 radical (unpaired) electrons. The third-order valence-corrected chi connectivity index (χ3v) is 2.95. The van der Waals surface area contributed by atoms with Gasteiger partial charge in [0, 0.05) is 32.4 Å². The average molecular weight is 271 g/mol. The fourth-order valence-electron chi connectivity index (χ4n) is 1.91. The predicted octanol–water partition coefficient (Wildman–Crippen LogP) is 3.03. The molecule has 2 aromatic rings. The van der Waals surface area contributed by atoms with Crippen LogP contribution in [0.3, 0.4) is 0 Å². The summed E-state index contributed by atoms with van der Waals surface area (Å²) in [5.41, 5.74) is 3.16. The van der Waals surface area contributed by atoms with Crippen molar-refractivity contribution < 1.29 is 0 Å². The van der Waals surface area contributed by atoms with Crippen LogP contribution in [-0.2, 0) is 0 Å². The lowest BCUT2D eigenvalue weighted by Gasteiger charge is -2.19. The van der Waals surface area contributed by atoms with Crippen molar-refractivity contribution in [1.29, 1.82) is 0 Å². The molecule has 0 atom stereocenters. The Morgan fingerprint density at radius 2 is 1.95 bits per heavy atom. The first-order valence-electron chi connectivity index (χ1n) is 6.72. The maximum absolute atomic E-state index is 4.51. The summed E-state index contributed by atoms with van der Waals surface area (Å²) in [6, 6.07) is 8.16. The molecule has 2 N–H and O–H groups in total. The fraction of sp³-hybridized carbons (Fsp3) is 0.333. The van der Waals surface area contributed by atoms with Crippen LogP contribution in [0.5, 0.6) is 0 Å². The summed E-state index contributed by atoms with van der Waals surface area (Å²) < 4.78 is 0. The van der Waals surface area contributed by atoms with Gasteiger partial charge in [0.25, 0.3) is 0 Å². The molecule has 20 heavy (non-hydrogen) atoms. The Labute approximate surface area is 120 Å². The number of benzene rings is 1. The van der Waals surface area contributed by atoms with E-state index in [-0.39, 0.29) is 0 Å². The number of aryl methyl sites for hydroxylation is 1. The number of nitrogens with one attached hydrogen (secondary N) is 2. The van der Waals surface area contributed by atoms with Crippen LogP contribution >= 0.6 is 0 Å². The molecule has 1 heterocycles. The number of anilines is 4. The average Bonchev–Trinajstić information content (AvgIpc) is 2.43. The minimum atomic E-state index is 0.642. The topological polar surface area (TPSA) is 53.1 Å². The van der Waals surface area contributed by atoms with Gasteiger partial charge in [-0.3, -0.25) is 0 Å². The molecule has 0 aliphatic rings. The highest BCUT2D eigenvalue weighted by molar-refractivity contribution is 5.74. The van der Waals surface area contributed by atoms with Crippen molar-refractivity contribution in [2.45, 2.75) is 13.8 Å². The van der Waals surface area contributed by atoms with Crippen LogP contribution in [-0.4, -0.2) is 30.6 Å². The largest absolute Gasteiger partial charge is 0.376 e. The minimum Gasteiger partial charge on any atom is -0.376 e. The SMILES string of the molecule is CCNc1ncc(C)c(Nc2ccccc2N(C)C)n1. The first-order valence-corrected chi connectivity index (χ1v) is 6.72. The van der Waals surface area contributed by atoms with Gasteiger partial charge in [-0.05, 0) is 26.0 Å². The Kier molecular flexibility index (Phi) is 4.40. The summed E-state index contributed by atoms with van der Waals surface area (Å²) >= 11 is 0. The second kappa shape index (κ2) is 6.23. The molecule has 0 fully saturated rings. The Morgan fingerprint density at radius 3 is 2.65 bits per heavy atom. The summed E-state index contributed by atoms with van der Waals surface area (Å²) in [6.45, 7) is 4.82. The fourth-order valence-corrected chi connectivity index (χ4v) is 1.91. The van der Waals surface area contributed by atoms with Crippen LogP contribution in [0.4, 0.5) is 23.1 Å². The van der Waals surface area contributed by atoms with E-state index in [2.05, 4.69) is 31.6 Å². The van der Waals surface area contributed by atoms with Gasteiger partial charge in [-0.1, -0.05) is 12.1 Å². The van der Waals surface area contributed by atoms with Crippen molar-refractivity contribution in [2.75, 3.05) is 36.2 Å². The number of para-hydroxylation sites is 2. The molecular formula is C15H21N5. The van der Waals surface area contributed by atoms with Gasteiger partial charge < -0.3 is 15.5 Å². The summed E-state index contributed by atoms with van der Waals surface area (Å²) in [6.07, 6.45) is 1.82. The highest BCUT2D eigenvalue weighted by Crippen LogP contribution is 2.27. The standard InChI is InChI=1S/C15H21N5/c1-5-16-15-17-10-11(2)14(19-15)18-12-8-6-7-9-13(12)20(3)4/h6-10H,5H2,1-4H3,(H2,16,17,18,19). The molecule has 0 saturated heterocycles. The first kappa shape index (κ1) is 14.1. The summed E-state index contributed by atoms with van der Waals surface area (Å²) in [5, 5.41) is 6.51. The van der Waals surface area contributed by atoms with Crippen LogP contribution in [0.25, 0.3) is 0 Å². The van der Waals surface area contributed by atoms with Crippen molar-refractivity contribution in [3.05, 3.63) is 36.0 Å². The van der Waals surface area contributed by atoms with Crippen molar-refractivity contribution in [3.8, 4) is 0 Å². The molecule has 1 aromatic carbocycles. The molecule has 1 aromatic heterocycles. The monoisotopic (exact) mass is 271 g/mol. The number of rotatable bonds is 5. The lowest BCUT2D eigenvalue weighted by Crippen LogP contribution is -2.11. The lowest BCUT2D eigenvalue weighted by molar-refractivity contribution is 1.07. The van der Waals surface area contributed by atoms with E-state index in [9.17, 15) is 0 Å². The Bertz CT molecular complexity index is 580. The second-order valence-electron chi connectivity index (χ2n) is 4.79. The van der Waals surface area contributed by atoms with Gasteiger partial charge in [0.1, 0.15) is 5.82 Å². The maximum Gasteiger partial charge on any atom is 0.224 e. The maximum atomic E-state index is 4.51. The van der Waals surface area contributed by atoms with Gasteiger partial charge in [-0.25, -0.2) is 4.98 Å². The van der Waals surface area contributed by atoms with Gasteiger partial charge in [-0.15, -0.1) is 0 Å².